The summed E-state index contributed by atoms with van der Waals surface area (Å²) < 4.78 is 24.7. The summed E-state index contributed by atoms with van der Waals surface area (Å²) in [5, 5.41) is -1.28. The van der Waals surface area contributed by atoms with Gasteiger partial charge in [-0.3, -0.25) is 20.9 Å². The summed E-state index contributed by atoms with van der Waals surface area (Å²) >= 11 is 10.1. The maximum Gasteiger partial charge on any atom is 0.252 e. The lowest BCUT2D eigenvalue weighted by Gasteiger charge is -2.14. The van der Waals surface area contributed by atoms with E-state index in [-0.39, 0.29) is 23.5 Å². The lowest BCUT2D eigenvalue weighted by Crippen LogP contribution is -2.41. The van der Waals surface area contributed by atoms with E-state index in [1.54, 1.807) is 24.3 Å². The van der Waals surface area contributed by atoms with Crippen LogP contribution in [0.2, 0.25) is 0 Å². The third-order valence-corrected chi connectivity index (χ3v) is 2.96. The predicted molar refractivity (Wildman–Crippen MR) is 107 cm³/mol. The van der Waals surface area contributed by atoms with E-state index in [2.05, 4.69) is 5.43 Å². The number of halogens is 5. The molecule has 0 amide bonds. The quantitative estimate of drug-likeness (QED) is 0.387. The Bertz CT molecular complexity index is 704. The smallest absolute Gasteiger partial charge is 0.252 e. The second-order valence-corrected chi connectivity index (χ2v) is 6.65. The fraction of sp³-hybridized carbons (Fsp3) is 0.222. The molecular weight excluding hydrogens is 421 g/mol. The molecule has 0 radical (unpaired) electrons. The molecule has 2 aromatic rings. The second-order valence-electron chi connectivity index (χ2n) is 5.97. The van der Waals surface area contributed by atoms with Gasteiger partial charge in [0.05, 0.1) is 0 Å². The summed E-state index contributed by atoms with van der Waals surface area (Å²) in [5.74, 6) is 3.43. The molecule has 4 nitrogen and oxygen atoms in total. The highest BCUT2D eigenvalue weighted by Crippen LogP contribution is 2.09. The van der Waals surface area contributed by atoms with Gasteiger partial charge in [0, 0.05) is 22.7 Å². The molecule has 3 N–H and O–H groups in total. The summed E-state index contributed by atoms with van der Waals surface area (Å²) in [6.45, 7) is 6.02. The van der Waals surface area contributed by atoms with Crippen molar-refractivity contribution in [3.8, 4) is 0 Å². The molecule has 0 aliphatic carbocycles. The molecular formula is C18H21Cl3F2N2O2. The average Bonchev–Trinajstić information content (AvgIpc) is 2.55. The second kappa shape index (κ2) is 13.6. The molecule has 9 heteroatoms. The molecule has 0 bridgehead atoms. The number of hydrazine groups is 1. The number of carbonyl (C=O) groups excluding carboxylic acids is 2. The zero-order valence-electron chi connectivity index (χ0n) is 14.9. The van der Waals surface area contributed by atoms with Crippen LogP contribution >= 0.6 is 35.6 Å². The summed E-state index contributed by atoms with van der Waals surface area (Å²) in [6, 6.07) is 11.2. The van der Waals surface area contributed by atoms with Crippen molar-refractivity contribution in [2.75, 3.05) is 0 Å². The largest absolute Gasteiger partial charge is 0.276 e. The van der Waals surface area contributed by atoms with Crippen LogP contribution in [0, 0.1) is 11.6 Å². The highest BCUT2D eigenvalue weighted by atomic mass is 35.5. The molecule has 27 heavy (non-hydrogen) atoms. The van der Waals surface area contributed by atoms with Gasteiger partial charge in [-0.25, -0.2) is 8.78 Å². The summed E-state index contributed by atoms with van der Waals surface area (Å²) in [5.41, 5.74) is 3.04. The molecule has 0 saturated carbocycles. The third-order valence-electron chi connectivity index (χ3n) is 2.52. The van der Waals surface area contributed by atoms with Gasteiger partial charge in [0.2, 0.25) is 0 Å². The Balaban J connectivity index is 0. The van der Waals surface area contributed by atoms with Crippen molar-refractivity contribution in [3.63, 3.8) is 0 Å². The lowest BCUT2D eigenvalue weighted by molar-refractivity contribution is 0.107. The van der Waals surface area contributed by atoms with E-state index < -0.39 is 22.1 Å². The van der Waals surface area contributed by atoms with Gasteiger partial charge >= 0.3 is 0 Å². The first kappa shape index (κ1) is 27.6. The average molecular weight is 442 g/mol. The van der Waals surface area contributed by atoms with Gasteiger partial charge in [0.1, 0.15) is 11.6 Å². The van der Waals surface area contributed by atoms with E-state index in [1.165, 1.54) is 0 Å². The van der Waals surface area contributed by atoms with Gasteiger partial charge in [-0.05, 0) is 56.1 Å². The Hall–Kier alpha value is -1.57. The van der Waals surface area contributed by atoms with E-state index in [4.69, 9.17) is 29.0 Å². The van der Waals surface area contributed by atoms with Gasteiger partial charge in [-0.2, -0.15) is 0 Å². The molecule has 0 heterocycles. The van der Waals surface area contributed by atoms with Crippen molar-refractivity contribution in [3.05, 3.63) is 71.3 Å². The Morgan fingerprint density at radius 3 is 1.52 bits per heavy atom. The minimum absolute atomic E-state index is 0. The zero-order valence-corrected chi connectivity index (χ0v) is 17.3. The lowest BCUT2D eigenvalue weighted by atomic mass is 10.1. The SMILES string of the molecule is CC(C)(C)NN.Cl.O=C(Cl)c1cc(F)cc(F)c1.O=C(Cl)c1ccccc1. The Kier molecular flexibility index (Phi) is 13.9. The van der Waals surface area contributed by atoms with Crippen LogP contribution in [0.5, 0.6) is 0 Å². The number of hydrogen-bond donors (Lipinski definition) is 2. The number of hydrogen-bond acceptors (Lipinski definition) is 4. The molecule has 0 aliphatic rings. The molecule has 0 aliphatic heterocycles. The molecule has 0 spiro atoms. The zero-order chi connectivity index (χ0) is 20.3. The van der Waals surface area contributed by atoms with Crippen molar-refractivity contribution in [2.45, 2.75) is 26.3 Å². The van der Waals surface area contributed by atoms with Gasteiger partial charge in [0.25, 0.3) is 10.5 Å². The van der Waals surface area contributed by atoms with Gasteiger partial charge < -0.3 is 0 Å². The fourth-order valence-corrected chi connectivity index (χ4v) is 1.47. The predicted octanol–water partition coefficient (Wildman–Crippen LogP) is 5.08. The van der Waals surface area contributed by atoms with Crippen molar-refractivity contribution in [1.82, 2.24) is 5.43 Å². The first-order valence-corrected chi connectivity index (χ1v) is 8.10. The minimum atomic E-state index is -0.872. The van der Waals surface area contributed by atoms with E-state index in [1.807, 2.05) is 26.8 Å². The summed E-state index contributed by atoms with van der Waals surface area (Å²) in [7, 11) is 0. The number of rotatable bonds is 2. The molecule has 2 rings (SSSR count). The number of nitrogens with one attached hydrogen (secondary N) is 1. The van der Waals surface area contributed by atoms with Crippen LogP contribution in [-0.4, -0.2) is 16.0 Å². The molecule has 0 fully saturated rings. The summed E-state index contributed by atoms with van der Waals surface area (Å²) in [4.78, 5) is 20.8. The maximum atomic E-state index is 12.3. The normalized spacial score (nSPS) is 9.63. The third kappa shape index (κ3) is 14.2. The molecule has 0 saturated heterocycles. The Morgan fingerprint density at radius 1 is 0.889 bits per heavy atom. The molecule has 150 valence electrons. The van der Waals surface area contributed by atoms with Crippen LogP contribution in [0.15, 0.2) is 48.5 Å². The van der Waals surface area contributed by atoms with Gasteiger partial charge in [-0.1, -0.05) is 30.3 Å². The van der Waals surface area contributed by atoms with E-state index in [9.17, 15) is 18.4 Å². The molecule has 0 unspecified atom stereocenters. The number of carbonyl (C=O) groups is 2. The monoisotopic (exact) mass is 440 g/mol. The van der Waals surface area contributed by atoms with Crippen LogP contribution in [-0.2, 0) is 0 Å². The van der Waals surface area contributed by atoms with Gasteiger partial charge in [0.15, 0.2) is 0 Å². The van der Waals surface area contributed by atoms with Crippen molar-refractivity contribution >= 4 is 46.1 Å². The van der Waals surface area contributed by atoms with E-state index >= 15 is 0 Å². The summed E-state index contributed by atoms with van der Waals surface area (Å²) in [6.07, 6.45) is 0. The Morgan fingerprint density at radius 2 is 1.26 bits per heavy atom. The first-order valence-electron chi connectivity index (χ1n) is 7.35. The van der Waals surface area contributed by atoms with Crippen LogP contribution in [0.3, 0.4) is 0 Å². The standard InChI is InChI=1S/C7H3ClF2O.C7H5ClO.C4H12N2.ClH/c8-7(11)4-1-5(9)3-6(10)2-4;8-7(9)6-4-2-1-3-5-6;1-4(2,3)6-5;/h1-3H;1-5H;6H,5H2,1-3H3;1H. The topological polar surface area (TPSA) is 72.2 Å². The van der Waals surface area contributed by atoms with Crippen LogP contribution in [0.25, 0.3) is 0 Å². The molecule has 0 aromatic heterocycles. The fourth-order valence-electron chi connectivity index (χ4n) is 1.24. The van der Waals surface area contributed by atoms with Crippen molar-refractivity contribution in [2.24, 2.45) is 5.84 Å². The van der Waals surface area contributed by atoms with Crippen LogP contribution in [0.1, 0.15) is 41.5 Å². The maximum absolute atomic E-state index is 12.3. The van der Waals surface area contributed by atoms with Gasteiger partial charge in [-0.15, -0.1) is 12.4 Å². The van der Waals surface area contributed by atoms with Crippen molar-refractivity contribution in [1.29, 1.82) is 0 Å². The first-order chi connectivity index (χ1) is 12.0. The highest BCUT2D eigenvalue weighted by molar-refractivity contribution is 6.68. The number of benzene rings is 2. The molecule has 0 atom stereocenters. The van der Waals surface area contributed by atoms with Crippen LogP contribution < -0.4 is 11.3 Å². The molecule has 2 aromatic carbocycles. The Labute approximate surface area is 173 Å². The highest BCUT2D eigenvalue weighted by Gasteiger charge is 2.05. The van der Waals surface area contributed by atoms with Crippen LogP contribution in [0.4, 0.5) is 8.78 Å². The minimum Gasteiger partial charge on any atom is -0.276 e. The number of nitrogens with two attached hydrogens (primary N) is 1. The van der Waals surface area contributed by atoms with Crippen molar-refractivity contribution < 1.29 is 18.4 Å². The van der Waals surface area contributed by atoms with E-state index in [0.29, 0.717) is 11.6 Å². The van der Waals surface area contributed by atoms with E-state index in [0.717, 1.165) is 12.1 Å².